The molecule has 0 bridgehead atoms. The first kappa shape index (κ1) is 13.6. The first-order valence-electron chi connectivity index (χ1n) is 6.36. The van der Waals surface area contributed by atoms with E-state index >= 15 is 0 Å². The number of fused-ring (bicyclic) bond motifs is 1. The van der Waals surface area contributed by atoms with Crippen LogP contribution in [0.25, 0.3) is 0 Å². The van der Waals surface area contributed by atoms with Gasteiger partial charge in [-0.25, -0.2) is 4.39 Å². The monoisotopic (exact) mass is 336 g/mol. The second-order valence-electron chi connectivity index (χ2n) is 4.78. The van der Waals surface area contributed by atoms with E-state index in [1.54, 1.807) is 6.07 Å². The largest absolute Gasteiger partial charge is 0.494 e. The summed E-state index contributed by atoms with van der Waals surface area (Å²) in [5, 5.41) is 0. The zero-order chi connectivity index (χ0) is 14.1. The van der Waals surface area contributed by atoms with Gasteiger partial charge in [0.1, 0.15) is 0 Å². The van der Waals surface area contributed by atoms with Gasteiger partial charge in [-0.05, 0) is 34.4 Å². The van der Waals surface area contributed by atoms with E-state index in [0.29, 0.717) is 13.2 Å². The Morgan fingerprint density at radius 2 is 1.80 bits per heavy atom. The number of hydrogen-bond donors (Lipinski definition) is 0. The molecule has 4 heteroatoms. The Balaban J connectivity index is 1.92. The summed E-state index contributed by atoms with van der Waals surface area (Å²) < 4.78 is 24.1. The minimum Gasteiger partial charge on any atom is -0.494 e. The van der Waals surface area contributed by atoms with E-state index in [-0.39, 0.29) is 16.4 Å². The molecule has 0 fully saturated rings. The van der Waals surface area contributed by atoms with E-state index in [0.717, 1.165) is 11.1 Å². The fourth-order valence-corrected chi connectivity index (χ4v) is 2.95. The van der Waals surface area contributed by atoms with E-state index in [1.165, 1.54) is 24.3 Å². The van der Waals surface area contributed by atoms with Crippen molar-refractivity contribution in [2.75, 3.05) is 7.11 Å². The van der Waals surface area contributed by atoms with Crippen LogP contribution in [-0.4, -0.2) is 7.11 Å². The van der Waals surface area contributed by atoms with Crippen LogP contribution in [0.2, 0.25) is 0 Å². The van der Waals surface area contributed by atoms with E-state index in [1.807, 2.05) is 6.07 Å². The summed E-state index contributed by atoms with van der Waals surface area (Å²) in [5.41, 5.74) is 4.40. The SMILES string of the molecule is COc1ccc(C(Br)c2ccc3c(c2)COC3)cc1F. The molecule has 0 aromatic heterocycles. The smallest absolute Gasteiger partial charge is 0.165 e. The predicted octanol–water partition coefficient (Wildman–Crippen LogP) is 4.35. The second-order valence-corrected chi connectivity index (χ2v) is 5.69. The number of ether oxygens (including phenoxy) is 2. The van der Waals surface area contributed by atoms with Crippen molar-refractivity contribution < 1.29 is 13.9 Å². The third-order valence-corrected chi connectivity index (χ3v) is 4.56. The molecule has 1 aliphatic heterocycles. The third kappa shape index (κ3) is 2.45. The lowest BCUT2D eigenvalue weighted by molar-refractivity contribution is 0.134. The highest BCUT2D eigenvalue weighted by atomic mass is 79.9. The van der Waals surface area contributed by atoms with Gasteiger partial charge in [-0.15, -0.1) is 0 Å². The van der Waals surface area contributed by atoms with Crippen molar-refractivity contribution in [2.45, 2.75) is 18.0 Å². The van der Waals surface area contributed by atoms with Crippen LogP contribution >= 0.6 is 15.9 Å². The van der Waals surface area contributed by atoms with Gasteiger partial charge in [0.15, 0.2) is 11.6 Å². The Kier molecular flexibility index (Phi) is 3.76. The summed E-state index contributed by atoms with van der Waals surface area (Å²) in [5.74, 6) is -0.0882. The van der Waals surface area contributed by atoms with Gasteiger partial charge in [0, 0.05) is 0 Å². The molecule has 0 aliphatic carbocycles. The number of alkyl halides is 1. The number of rotatable bonds is 3. The zero-order valence-electron chi connectivity index (χ0n) is 11.0. The van der Waals surface area contributed by atoms with Gasteiger partial charge < -0.3 is 9.47 Å². The minimum atomic E-state index is -0.348. The van der Waals surface area contributed by atoms with Crippen LogP contribution in [0, 0.1) is 5.82 Å². The van der Waals surface area contributed by atoms with Crippen LogP contribution in [0.1, 0.15) is 27.1 Å². The van der Waals surface area contributed by atoms with Crippen molar-refractivity contribution in [1.29, 1.82) is 0 Å². The number of benzene rings is 2. The van der Waals surface area contributed by atoms with Crippen LogP contribution in [0.3, 0.4) is 0 Å². The fraction of sp³-hybridized carbons (Fsp3) is 0.250. The van der Waals surface area contributed by atoms with Crippen LogP contribution in [-0.2, 0) is 18.0 Å². The van der Waals surface area contributed by atoms with Crippen molar-refractivity contribution >= 4 is 15.9 Å². The Hall–Kier alpha value is -1.39. The van der Waals surface area contributed by atoms with E-state index in [9.17, 15) is 4.39 Å². The molecule has 0 saturated carbocycles. The summed E-state index contributed by atoms with van der Waals surface area (Å²) in [7, 11) is 1.46. The summed E-state index contributed by atoms with van der Waals surface area (Å²) >= 11 is 3.63. The highest BCUT2D eigenvalue weighted by Crippen LogP contribution is 2.34. The van der Waals surface area contributed by atoms with Gasteiger partial charge in [0.25, 0.3) is 0 Å². The van der Waals surface area contributed by atoms with Crippen molar-refractivity contribution in [3.05, 3.63) is 64.5 Å². The van der Waals surface area contributed by atoms with E-state index in [4.69, 9.17) is 9.47 Å². The Bertz CT molecular complexity index is 642. The Morgan fingerprint density at radius 3 is 2.55 bits per heavy atom. The molecule has 2 aromatic rings. The van der Waals surface area contributed by atoms with Crippen LogP contribution < -0.4 is 4.74 Å². The van der Waals surface area contributed by atoms with Crippen LogP contribution in [0.5, 0.6) is 5.75 Å². The highest BCUT2D eigenvalue weighted by molar-refractivity contribution is 9.09. The average molecular weight is 337 g/mol. The molecule has 1 unspecified atom stereocenters. The predicted molar refractivity (Wildman–Crippen MR) is 78.7 cm³/mol. The molecule has 0 saturated heterocycles. The summed E-state index contributed by atoms with van der Waals surface area (Å²) in [6.07, 6.45) is 0. The maximum Gasteiger partial charge on any atom is 0.165 e. The molecule has 20 heavy (non-hydrogen) atoms. The third-order valence-electron chi connectivity index (χ3n) is 3.51. The van der Waals surface area contributed by atoms with Gasteiger partial charge in [-0.2, -0.15) is 0 Å². The number of halogens is 2. The van der Waals surface area contributed by atoms with Gasteiger partial charge in [-0.3, -0.25) is 0 Å². The van der Waals surface area contributed by atoms with Crippen LogP contribution in [0.4, 0.5) is 4.39 Å². The minimum absolute atomic E-state index is 0.0474. The van der Waals surface area contributed by atoms with Gasteiger partial charge in [0.2, 0.25) is 0 Å². The maximum absolute atomic E-state index is 13.8. The van der Waals surface area contributed by atoms with Crippen molar-refractivity contribution in [3.8, 4) is 5.75 Å². The van der Waals surface area contributed by atoms with E-state index < -0.39 is 0 Å². The second kappa shape index (κ2) is 5.54. The Morgan fingerprint density at radius 1 is 1.10 bits per heavy atom. The van der Waals surface area contributed by atoms with Crippen molar-refractivity contribution in [3.63, 3.8) is 0 Å². The van der Waals surface area contributed by atoms with Crippen molar-refractivity contribution in [2.24, 2.45) is 0 Å². The molecule has 2 aromatic carbocycles. The van der Waals surface area contributed by atoms with Crippen molar-refractivity contribution in [1.82, 2.24) is 0 Å². The fourth-order valence-electron chi connectivity index (χ4n) is 2.38. The number of methoxy groups -OCH3 is 1. The standard InChI is InChI=1S/C16H14BrFO2/c1-19-15-5-4-11(7-14(15)18)16(17)10-2-3-12-8-20-9-13(12)6-10/h2-7,16H,8-9H2,1H3. The molecule has 2 nitrogen and oxygen atoms in total. The normalized spacial score (nSPS) is 14.9. The molecule has 0 N–H and O–H groups in total. The van der Waals surface area contributed by atoms with Gasteiger partial charge in [-0.1, -0.05) is 40.2 Å². The molecule has 1 aliphatic rings. The molecule has 104 valence electrons. The lowest BCUT2D eigenvalue weighted by Gasteiger charge is -2.13. The Labute approximate surface area is 125 Å². The molecular formula is C16H14BrFO2. The lowest BCUT2D eigenvalue weighted by Crippen LogP contribution is -1.97. The average Bonchev–Trinajstić information content (AvgIpc) is 2.93. The first-order chi connectivity index (χ1) is 9.69. The first-order valence-corrected chi connectivity index (χ1v) is 7.27. The molecular weight excluding hydrogens is 323 g/mol. The highest BCUT2D eigenvalue weighted by Gasteiger charge is 2.17. The maximum atomic E-state index is 13.8. The summed E-state index contributed by atoms with van der Waals surface area (Å²) in [4.78, 5) is -0.0474. The summed E-state index contributed by atoms with van der Waals surface area (Å²) in [6.45, 7) is 1.33. The molecule has 1 heterocycles. The zero-order valence-corrected chi connectivity index (χ0v) is 12.6. The molecule has 0 amide bonds. The molecule has 1 atom stereocenters. The molecule has 0 radical (unpaired) electrons. The molecule has 0 spiro atoms. The van der Waals surface area contributed by atoms with E-state index in [2.05, 4.69) is 34.1 Å². The van der Waals surface area contributed by atoms with Crippen LogP contribution in [0.15, 0.2) is 36.4 Å². The summed E-state index contributed by atoms with van der Waals surface area (Å²) in [6, 6.07) is 11.3. The molecule has 3 rings (SSSR count). The lowest BCUT2D eigenvalue weighted by atomic mass is 10.0. The quantitative estimate of drug-likeness (QED) is 0.776. The number of hydrogen-bond acceptors (Lipinski definition) is 2. The van der Waals surface area contributed by atoms with Gasteiger partial charge >= 0.3 is 0 Å². The van der Waals surface area contributed by atoms with Gasteiger partial charge in [0.05, 0.1) is 25.2 Å². The topological polar surface area (TPSA) is 18.5 Å².